The maximum absolute atomic E-state index is 12.5. The van der Waals surface area contributed by atoms with Crippen LogP contribution in [0, 0.1) is 0 Å². The van der Waals surface area contributed by atoms with Gasteiger partial charge in [0.25, 0.3) is 0 Å². The van der Waals surface area contributed by atoms with Crippen LogP contribution in [0.15, 0.2) is 6.20 Å². The van der Waals surface area contributed by atoms with E-state index < -0.39 is 5.60 Å². The predicted molar refractivity (Wildman–Crippen MR) is 99.0 cm³/mol. The molecule has 1 saturated carbocycles. The molecule has 26 heavy (non-hydrogen) atoms. The van der Waals surface area contributed by atoms with Crippen LogP contribution in [-0.2, 0) is 17.7 Å². The highest BCUT2D eigenvalue weighted by atomic mass is 16.6. The van der Waals surface area contributed by atoms with E-state index in [1.54, 1.807) is 0 Å². The van der Waals surface area contributed by atoms with Crippen LogP contribution in [0.25, 0.3) is 0 Å². The van der Waals surface area contributed by atoms with Crippen LogP contribution >= 0.6 is 0 Å². The van der Waals surface area contributed by atoms with Crippen molar-refractivity contribution < 1.29 is 9.53 Å². The Bertz CT molecular complexity index is 681. The number of likely N-dealkylation sites (tertiary alicyclic amines) is 1. The molecule has 1 aromatic rings. The minimum atomic E-state index is -0.440. The third-order valence-corrected chi connectivity index (χ3v) is 5.45. The molecule has 6 nitrogen and oxygen atoms in total. The van der Waals surface area contributed by atoms with Gasteiger partial charge in [-0.2, -0.15) is 0 Å². The molecular weight excluding hydrogens is 328 g/mol. The summed E-state index contributed by atoms with van der Waals surface area (Å²) in [5.74, 6) is 1.66. The molecule has 1 amide bonds. The SMILES string of the molecule is CC(C)(C)OC(=O)N1CCCC1CN1CCc2nc(C3CC3)ncc2C1. The molecule has 1 aromatic heterocycles. The fourth-order valence-electron chi connectivity index (χ4n) is 3.97. The van der Waals surface area contributed by atoms with Crippen molar-refractivity contribution in [3.05, 3.63) is 23.3 Å². The molecule has 1 saturated heterocycles. The zero-order chi connectivity index (χ0) is 18.3. The van der Waals surface area contributed by atoms with Gasteiger partial charge in [0, 0.05) is 62.0 Å². The molecule has 0 N–H and O–H groups in total. The number of nitrogens with zero attached hydrogens (tertiary/aromatic N) is 4. The summed E-state index contributed by atoms with van der Waals surface area (Å²) >= 11 is 0. The second kappa shape index (κ2) is 6.80. The van der Waals surface area contributed by atoms with E-state index >= 15 is 0 Å². The molecule has 1 atom stereocenters. The van der Waals surface area contributed by atoms with Crippen molar-refractivity contribution in [3.8, 4) is 0 Å². The number of carbonyl (C=O) groups is 1. The van der Waals surface area contributed by atoms with Crippen LogP contribution in [0.5, 0.6) is 0 Å². The average Bonchev–Trinajstić information content (AvgIpc) is 3.32. The number of amides is 1. The first kappa shape index (κ1) is 17.7. The van der Waals surface area contributed by atoms with E-state index in [2.05, 4.69) is 9.88 Å². The number of hydrogen-bond acceptors (Lipinski definition) is 5. The number of aromatic nitrogens is 2. The standard InChI is InChI=1S/C20H30N4O2/c1-20(2,3)26-19(25)24-9-4-5-16(24)13-23-10-8-17-15(12-23)11-21-18(22-17)14-6-7-14/h11,14,16H,4-10,12-13H2,1-3H3. The van der Waals surface area contributed by atoms with E-state index in [-0.39, 0.29) is 12.1 Å². The Morgan fingerprint density at radius 2 is 2.08 bits per heavy atom. The van der Waals surface area contributed by atoms with E-state index in [1.807, 2.05) is 31.9 Å². The maximum Gasteiger partial charge on any atom is 0.410 e. The van der Waals surface area contributed by atoms with Gasteiger partial charge in [0.05, 0.1) is 0 Å². The summed E-state index contributed by atoms with van der Waals surface area (Å²) in [5, 5.41) is 0. The van der Waals surface area contributed by atoms with Crippen molar-refractivity contribution in [1.29, 1.82) is 0 Å². The normalized spacial score (nSPS) is 23.8. The van der Waals surface area contributed by atoms with Gasteiger partial charge < -0.3 is 9.64 Å². The first-order chi connectivity index (χ1) is 12.4. The fraction of sp³-hybridized carbons (Fsp3) is 0.750. The smallest absolute Gasteiger partial charge is 0.410 e. The third-order valence-electron chi connectivity index (χ3n) is 5.45. The number of carbonyl (C=O) groups excluding carboxylic acids is 1. The first-order valence-electron chi connectivity index (χ1n) is 9.96. The van der Waals surface area contributed by atoms with Gasteiger partial charge in [0.1, 0.15) is 11.4 Å². The van der Waals surface area contributed by atoms with Gasteiger partial charge in [-0.3, -0.25) is 4.90 Å². The molecule has 1 aliphatic carbocycles. The van der Waals surface area contributed by atoms with Crippen LogP contribution in [0.1, 0.15) is 69.5 Å². The van der Waals surface area contributed by atoms with Gasteiger partial charge in [-0.1, -0.05) is 0 Å². The van der Waals surface area contributed by atoms with E-state index in [9.17, 15) is 4.79 Å². The van der Waals surface area contributed by atoms with Crippen molar-refractivity contribution in [3.63, 3.8) is 0 Å². The van der Waals surface area contributed by atoms with Gasteiger partial charge in [-0.25, -0.2) is 14.8 Å². The zero-order valence-corrected chi connectivity index (χ0v) is 16.2. The quantitative estimate of drug-likeness (QED) is 0.831. The second-order valence-corrected chi connectivity index (χ2v) is 8.93. The Morgan fingerprint density at radius 3 is 2.81 bits per heavy atom. The Labute approximate surface area is 155 Å². The Morgan fingerprint density at radius 1 is 1.27 bits per heavy atom. The van der Waals surface area contributed by atoms with Gasteiger partial charge >= 0.3 is 6.09 Å². The molecular formula is C20H30N4O2. The van der Waals surface area contributed by atoms with E-state index in [0.717, 1.165) is 51.3 Å². The lowest BCUT2D eigenvalue weighted by Gasteiger charge is -2.34. The van der Waals surface area contributed by atoms with Gasteiger partial charge in [0.2, 0.25) is 0 Å². The Kier molecular flexibility index (Phi) is 4.63. The van der Waals surface area contributed by atoms with E-state index in [1.165, 1.54) is 24.1 Å². The molecule has 1 unspecified atom stereocenters. The molecule has 0 spiro atoms. The summed E-state index contributed by atoms with van der Waals surface area (Å²) in [6.45, 7) is 9.38. The van der Waals surface area contributed by atoms with Crippen molar-refractivity contribution in [1.82, 2.24) is 19.8 Å². The largest absolute Gasteiger partial charge is 0.444 e. The van der Waals surface area contributed by atoms with Crippen LogP contribution in [0.3, 0.4) is 0 Å². The maximum atomic E-state index is 12.5. The molecule has 6 heteroatoms. The van der Waals surface area contributed by atoms with Gasteiger partial charge in [-0.15, -0.1) is 0 Å². The lowest BCUT2D eigenvalue weighted by Crippen LogP contribution is -2.46. The summed E-state index contributed by atoms with van der Waals surface area (Å²) in [6.07, 6.45) is 7.44. The van der Waals surface area contributed by atoms with Crippen molar-refractivity contribution in [2.24, 2.45) is 0 Å². The molecule has 3 heterocycles. The fourth-order valence-corrected chi connectivity index (χ4v) is 3.97. The van der Waals surface area contributed by atoms with Crippen LogP contribution in [0.4, 0.5) is 4.79 Å². The third kappa shape index (κ3) is 4.00. The topological polar surface area (TPSA) is 58.6 Å². The lowest BCUT2D eigenvalue weighted by atomic mass is 10.1. The molecule has 3 aliphatic rings. The molecule has 142 valence electrons. The van der Waals surface area contributed by atoms with Crippen molar-refractivity contribution in [2.75, 3.05) is 19.6 Å². The Hall–Kier alpha value is -1.69. The zero-order valence-electron chi connectivity index (χ0n) is 16.2. The second-order valence-electron chi connectivity index (χ2n) is 8.93. The summed E-state index contributed by atoms with van der Waals surface area (Å²) < 4.78 is 5.59. The first-order valence-corrected chi connectivity index (χ1v) is 9.96. The molecule has 2 fully saturated rings. The summed E-state index contributed by atoms with van der Waals surface area (Å²) in [7, 11) is 0. The van der Waals surface area contributed by atoms with Crippen LogP contribution in [0.2, 0.25) is 0 Å². The monoisotopic (exact) mass is 358 g/mol. The average molecular weight is 358 g/mol. The minimum Gasteiger partial charge on any atom is -0.444 e. The van der Waals surface area contributed by atoms with Crippen LogP contribution < -0.4 is 0 Å². The molecule has 0 radical (unpaired) electrons. The summed E-state index contributed by atoms with van der Waals surface area (Å²) in [6, 6.07) is 0.248. The van der Waals surface area contributed by atoms with Crippen molar-refractivity contribution in [2.45, 2.75) is 77.0 Å². The Balaban J connectivity index is 1.37. The van der Waals surface area contributed by atoms with Gasteiger partial charge in [0.15, 0.2) is 0 Å². The highest BCUT2D eigenvalue weighted by Crippen LogP contribution is 2.38. The minimum absolute atomic E-state index is 0.171. The molecule has 0 aromatic carbocycles. The summed E-state index contributed by atoms with van der Waals surface area (Å²) in [5.41, 5.74) is 2.04. The van der Waals surface area contributed by atoms with E-state index in [4.69, 9.17) is 9.72 Å². The molecule has 0 bridgehead atoms. The van der Waals surface area contributed by atoms with Crippen molar-refractivity contribution >= 4 is 6.09 Å². The predicted octanol–water partition coefficient (Wildman–Crippen LogP) is 3.11. The highest BCUT2D eigenvalue weighted by Gasteiger charge is 2.34. The number of rotatable bonds is 3. The van der Waals surface area contributed by atoms with Crippen LogP contribution in [-0.4, -0.2) is 57.1 Å². The molecule has 2 aliphatic heterocycles. The lowest BCUT2D eigenvalue weighted by molar-refractivity contribution is 0.0192. The van der Waals surface area contributed by atoms with Gasteiger partial charge in [-0.05, 0) is 46.5 Å². The number of hydrogen-bond donors (Lipinski definition) is 0. The number of ether oxygens (including phenoxy) is 1. The van der Waals surface area contributed by atoms with E-state index in [0.29, 0.717) is 5.92 Å². The summed E-state index contributed by atoms with van der Waals surface area (Å²) in [4.78, 5) is 26.2. The number of fused-ring (bicyclic) bond motifs is 1. The highest BCUT2D eigenvalue weighted by molar-refractivity contribution is 5.69. The molecule has 4 rings (SSSR count).